The van der Waals surface area contributed by atoms with E-state index >= 15 is 0 Å². The maximum Gasteiger partial charge on any atom is 0.280 e. The second kappa shape index (κ2) is 5.78. The number of halogens is 1. The van der Waals surface area contributed by atoms with Gasteiger partial charge in [-0.15, -0.1) is 5.10 Å². The molecule has 8 heteroatoms. The average molecular weight is 389 g/mol. The molecular formula is C16H17BrN6O. The van der Waals surface area contributed by atoms with Gasteiger partial charge >= 0.3 is 0 Å². The summed E-state index contributed by atoms with van der Waals surface area (Å²) in [4.78, 5) is 4.49. The number of rotatable bonds is 3. The first-order valence-corrected chi connectivity index (χ1v) is 8.68. The van der Waals surface area contributed by atoms with Crippen LogP contribution in [0.4, 0.5) is 0 Å². The van der Waals surface area contributed by atoms with E-state index in [1.807, 2.05) is 31.2 Å². The van der Waals surface area contributed by atoms with Gasteiger partial charge in [-0.25, -0.2) is 4.68 Å². The zero-order chi connectivity index (χ0) is 16.7. The Kier molecular flexibility index (Phi) is 3.73. The molecule has 1 aromatic carbocycles. The SMILES string of the molecule is Cc1c(-c2nc(C3(N)CCCC3)no2)nnn1-c1cccc(Br)c1. The van der Waals surface area contributed by atoms with Gasteiger partial charge in [-0.1, -0.05) is 45.2 Å². The highest BCUT2D eigenvalue weighted by Crippen LogP contribution is 2.35. The quantitative estimate of drug-likeness (QED) is 0.740. The first kappa shape index (κ1) is 15.5. The van der Waals surface area contributed by atoms with Crippen LogP contribution in [0.3, 0.4) is 0 Å². The molecule has 7 nitrogen and oxygen atoms in total. The molecule has 2 heterocycles. The lowest BCUT2D eigenvalue weighted by Crippen LogP contribution is -2.34. The van der Waals surface area contributed by atoms with Crippen molar-refractivity contribution in [3.8, 4) is 17.3 Å². The van der Waals surface area contributed by atoms with Crippen LogP contribution in [0.5, 0.6) is 0 Å². The lowest BCUT2D eigenvalue weighted by atomic mass is 9.99. The van der Waals surface area contributed by atoms with Crippen LogP contribution in [0.25, 0.3) is 17.3 Å². The van der Waals surface area contributed by atoms with Gasteiger partial charge < -0.3 is 10.3 Å². The molecule has 0 atom stereocenters. The van der Waals surface area contributed by atoms with Gasteiger partial charge in [-0.2, -0.15) is 4.98 Å². The zero-order valence-electron chi connectivity index (χ0n) is 13.2. The minimum atomic E-state index is -0.476. The highest BCUT2D eigenvalue weighted by atomic mass is 79.9. The van der Waals surface area contributed by atoms with Crippen molar-refractivity contribution in [3.63, 3.8) is 0 Å². The van der Waals surface area contributed by atoms with E-state index in [0.29, 0.717) is 17.4 Å². The minimum absolute atomic E-state index is 0.362. The molecule has 0 unspecified atom stereocenters. The number of nitrogens with zero attached hydrogens (tertiary/aromatic N) is 5. The van der Waals surface area contributed by atoms with Gasteiger partial charge in [0.25, 0.3) is 5.89 Å². The molecule has 3 aromatic rings. The van der Waals surface area contributed by atoms with Gasteiger partial charge in [0.1, 0.15) is 0 Å². The Morgan fingerprint density at radius 1 is 1.29 bits per heavy atom. The van der Waals surface area contributed by atoms with Crippen molar-refractivity contribution in [2.24, 2.45) is 5.73 Å². The normalized spacial score (nSPS) is 16.6. The summed E-state index contributed by atoms with van der Waals surface area (Å²) in [7, 11) is 0. The summed E-state index contributed by atoms with van der Waals surface area (Å²) < 4.78 is 8.14. The van der Waals surface area contributed by atoms with Crippen LogP contribution in [0, 0.1) is 6.92 Å². The van der Waals surface area contributed by atoms with E-state index in [9.17, 15) is 0 Å². The van der Waals surface area contributed by atoms with Crippen molar-refractivity contribution in [2.75, 3.05) is 0 Å². The molecule has 0 amide bonds. The largest absolute Gasteiger partial charge is 0.332 e. The van der Waals surface area contributed by atoms with Crippen LogP contribution in [-0.2, 0) is 5.54 Å². The number of nitrogens with two attached hydrogens (primary N) is 1. The molecule has 0 spiro atoms. The molecule has 2 aromatic heterocycles. The third-order valence-electron chi connectivity index (χ3n) is 4.52. The molecule has 1 aliphatic rings. The number of aromatic nitrogens is 5. The van der Waals surface area contributed by atoms with Crippen molar-refractivity contribution in [1.82, 2.24) is 25.1 Å². The molecule has 1 fully saturated rings. The Morgan fingerprint density at radius 3 is 2.83 bits per heavy atom. The van der Waals surface area contributed by atoms with Gasteiger partial charge in [0.05, 0.1) is 16.9 Å². The molecule has 1 saturated carbocycles. The molecule has 0 saturated heterocycles. The van der Waals surface area contributed by atoms with Crippen molar-refractivity contribution >= 4 is 15.9 Å². The van der Waals surface area contributed by atoms with Gasteiger partial charge in [0, 0.05) is 4.47 Å². The maximum atomic E-state index is 6.39. The predicted octanol–water partition coefficient (Wildman–Crippen LogP) is 3.12. The lowest BCUT2D eigenvalue weighted by Gasteiger charge is -2.17. The Bertz CT molecular complexity index is 880. The molecule has 4 rings (SSSR count). The highest BCUT2D eigenvalue weighted by molar-refractivity contribution is 9.10. The van der Waals surface area contributed by atoms with Gasteiger partial charge in [-0.3, -0.25) is 0 Å². The van der Waals surface area contributed by atoms with E-state index in [1.54, 1.807) is 4.68 Å². The fraction of sp³-hybridized carbons (Fsp3) is 0.375. The third-order valence-corrected chi connectivity index (χ3v) is 5.01. The van der Waals surface area contributed by atoms with Crippen molar-refractivity contribution in [2.45, 2.75) is 38.1 Å². The highest BCUT2D eigenvalue weighted by Gasteiger charge is 2.36. The van der Waals surface area contributed by atoms with Crippen LogP contribution in [0.2, 0.25) is 0 Å². The predicted molar refractivity (Wildman–Crippen MR) is 91.4 cm³/mol. The first-order valence-electron chi connectivity index (χ1n) is 7.88. The van der Waals surface area contributed by atoms with E-state index in [1.165, 1.54) is 0 Å². The second-order valence-corrected chi connectivity index (χ2v) is 7.12. The van der Waals surface area contributed by atoms with Crippen LogP contribution in [-0.4, -0.2) is 25.1 Å². The van der Waals surface area contributed by atoms with Crippen molar-refractivity contribution in [3.05, 3.63) is 40.3 Å². The van der Waals surface area contributed by atoms with E-state index in [0.717, 1.165) is 41.5 Å². The van der Waals surface area contributed by atoms with Crippen molar-refractivity contribution < 1.29 is 4.52 Å². The summed E-state index contributed by atoms with van der Waals surface area (Å²) in [5.41, 5.74) is 8.24. The van der Waals surface area contributed by atoms with Gasteiger partial charge in [0.15, 0.2) is 11.5 Å². The number of hydrogen-bond donors (Lipinski definition) is 1. The van der Waals surface area contributed by atoms with Crippen LogP contribution < -0.4 is 5.73 Å². The molecule has 2 N–H and O–H groups in total. The van der Waals surface area contributed by atoms with Crippen LogP contribution >= 0.6 is 15.9 Å². The van der Waals surface area contributed by atoms with Crippen LogP contribution in [0.15, 0.2) is 33.3 Å². The first-order chi connectivity index (χ1) is 11.6. The molecular weight excluding hydrogens is 372 g/mol. The molecule has 0 radical (unpaired) electrons. The fourth-order valence-electron chi connectivity index (χ4n) is 3.13. The molecule has 0 aliphatic heterocycles. The summed E-state index contributed by atoms with van der Waals surface area (Å²) in [6.45, 7) is 1.92. The fourth-order valence-corrected chi connectivity index (χ4v) is 3.52. The standard InChI is InChI=1S/C16H17BrN6O/c1-10-13(20-22-23(10)12-6-4-5-11(17)9-12)14-19-15(21-24-14)16(18)7-2-3-8-16/h4-6,9H,2-3,7-8,18H2,1H3. The summed E-state index contributed by atoms with van der Waals surface area (Å²) in [6.07, 6.45) is 3.96. The van der Waals surface area contributed by atoms with E-state index in [4.69, 9.17) is 10.3 Å². The number of benzene rings is 1. The molecule has 124 valence electrons. The van der Waals surface area contributed by atoms with Crippen LogP contribution in [0.1, 0.15) is 37.2 Å². The lowest BCUT2D eigenvalue weighted by molar-refractivity contribution is 0.372. The minimum Gasteiger partial charge on any atom is -0.332 e. The maximum absolute atomic E-state index is 6.39. The zero-order valence-corrected chi connectivity index (χ0v) is 14.8. The average Bonchev–Trinajstić information content (AvgIpc) is 3.27. The Hall–Kier alpha value is -2.06. The van der Waals surface area contributed by atoms with Gasteiger partial charge in [-0.05, 0) is 38.0 Å². The summed E-state index contributed by atoms with van der Waals surface area (Å²) in [5.74, 6) is 0.923. The number of hydrogen-bond acceptors (Lipinski definition) is 6. The summed E-state index contributed by atoms with van der Waals surface area (Å²) in [5, 5.41) is 12.5. The van der Waals surface area contributed by atoms with Crippen molar-refractivity contribution in [1.29, 1.82) is 0 Å². The molecule has 0 bridgehead atoms. The van der Waals surface area contributed by atoms with E-state index in [-0.39, 0.29) is 0 Å². The summed E-state index contributed by atoms with van der Waals surface area (Å²) >= 11 is 3.47. The molecule has 1 aliphatic carbocycles. The smallest absolute Gasteiger partial charge is 0.280 e. The molecule has 24 heavy (non-hydrogen) atoms. The topological polar surface area (TPSA) is 95.7 Å². The Labute approximate surface area is 147 Å². The Morgan fingerprint density at radius 2 is 2.08 bits per heavy atom. The Balaban J connectivity index is 1.70. The van der Waals surface area contributed by atoms with Gasteiger partial charge in [0.2, 0.25) is 0 Å². The van der Waals surface area contributed by atoms with E-state index in [2.05, 4.69) is 36.4 Å². The summed E-state index contributed by atoms with van der Waals surface area (Å²) in [6, 6.07) is 7.84. The monoisotopic (exact) mass is 388 g/mol. The van der Waals surface area contributed by atoms with E-state index < -0.39 is 5.54 Å². The second-order valence-electron chi connectivity index (χ2n) is 6.20. The third kappa shape index (κ3) is 2.55.